The zero-order chi connectivity index (χ0) is 15.6. The first-order valence-corrected chi connectivity index (χ1v) is 6.76. The number of hydrogen-bond donors (Lipinski definition) is 3. The normalized spacial score (nSPS) is 10.2. The number of anilines is 2. The van der Waals surface area contributed by atoms with Gasteiger partial charge < -0.3 is 16.4 Å². The van der Waals surface area contributed by atoms with E-state index in [9.17, 15) is 4.79 Å². The van der Waals surface area contributed by atoms with Gasteiger partial charge in [-0.25, -0.2) is 0 Å². The lowest BCUT2D eigenvalue weighted by atomic mass is 10.1. The van der Waals surface area contributed by atoms with Crippen LogP contribution in [0.5, 0.6) is 0 Å². The van der Waals surface area contributed by atoms with Crippen LogP contribution >= 0.6 is 12.2 Å². The molecule has 0 radical (unpaired) electrons. The lowest BCUT2D eigenvalue weighted by Gasteiger charge is -2.12. The van der Waals surface area contributed by atoms with Crippen molar-refractivity contribution in [3.63, 3.8) is 0 Å². The number of rotatable bonds is 3. The Balaban J connectivity index is 2.14. The number of amides is 1. The number of aromatic nitrogens is 2. The maximum atomic E-state index is 11.4. The van der Waals surface area contributed by atoms with Gasteiger partial charge in [0.05, 0.1) is 11.9 Å². The molecule has 0 aliphatic rings. The molecule has 110 valence electrons. The summed E-state index contributed by atoms with van der Waals surface area (Å²) in [6, 6.07) is 6.01. The summed E-state index contributed by atoms with van der Waals surface area (Å²) in [4.78, 5) is 11.4. The van der Waals surface area contributed by atoms with Crippen LogP contribution in [-0.2, 0) is 7.05 Å². The molecule has 0 spiro atoms. The van der Waals surface area contributed by atoms with Crippen molar-refractivity contribution in [2.45, 2.75) is 13.8 Å². The molecule has 2 rings (SSSR count). The number of benzene rings is 1. The van der Waals surface area contributed by atoms with Gasteiger partial charge in [-0.05, 0) is 37.7 Å². The van der Waals surface area contributed by atoms with Crippen LogP contribution < -0.4 is 16.4 Å². The largest absolute Gasteiger partial charge is 0.364 e. The summed E-state index contributed by atoms with van der Waals surface area (Å²) in [7, 11) is 1.64. The second-order valence-corrected chi connectivity index (χ2v) is 5.20. The quantitative estimate of drug-likeness (QED) is 0.755. The molecular formula is C14H17N5OS. The molecule has 0 saturated heterocycles. The fraction of sp³-hybridized carbons (Fsp3) is 0.214. The minimum atomic E-state index is -0.563. The van der Waals surface area contributed by atoms with E-state index in [1.807, 2.05) is 26.0 Å². The molecule has 21 heavy (non-hydrogen) atoms. The summed E-state index contributed by atoms with van der Waals surface area (Å²) in [5.74, 6) is -0.563. The smallest absolute Gasteiger partial charge is 0.269 e. The van der Waals surface area contributed by atoms with E-state index in [1.54, 1.807) is 7.05 Å². The van der Waals surface area contributed by atoms with E-state index in [-0.39, 0.29) is 5.69 Å². The molecule has 0 bridgehead atoms. The Hall–Kier alpha value is -2.41. The van der Waals surface area contributed by atoms with Gasteiger partial charge in [-0.15, -0.1) is 0 Å². The van der Waals surface area contributed by atoms with Crippen molar-refractivity contribution in [3.05, 3.63) is 41.2 Å². The Morgan fingerprint density at radius 2 is 1.95 bits per heavy atom. The highest BCUT2D eigenvalue weighted by molar-refractivity contribution is 7.80. The summed E-state index contributed by atoms with van der Waals surface area (Å²) in [6.07, 6.45) is 1.51. The second-order valence-electron chi connectivity index (χ2n) is 4.79. The third kappa shape index (κ3) is 3.38. The number of thiocarbonyl (C=S) groups is 1. The molecule has 0 fully saturated rings. The number of aryl methyl sites for hydroxylation is 3. The van der Waals surface area contributed by atoms with E-state index in [2.05, 4.69) is 21.8 Å². The Morgan fingerprint density at radius 1 is 1.29 bits per heavy atom. The Kier molecular flexibility index (Phi) is 4.23. The number of nitrogens with one attached hydrogen (secondary N) is 2. The Labute approximate surface area is 128 Å². The van der Waals surface area contributed by atoms with E-state index in [1.165, 1.54) is 16.4 Å². The van der Waals surface area contributed by atoms with Crippen molar-refractivity contribution < 1.29 is 4.79 Å². The molecule has 0 aliphatic heterocycles. The summed E-state index contributed by atoms with van der Waals surface area (Å²) in [6.45, 7) is 4.03. The van der Waals surface area contributed by atoms with Gasteiger partial charge in [0.1, 0.15) is 5.69 Å². The summed E-state index contributed by atoms with van der Waals surface area (Å²) >= 11 is 5.25. The SMILES string of the molecule is Cc1ccc(NC(=S)Nc2cnn(C)c2C(N)=O)c(C)c1. The van der Waals surface area contributed by atoms with Gasteiger partial charge in [-0.3, -0.25) is 9.48 Å². The van der Waals surface area contributed by atoms with E-state index >= 15 is 0 Å². The first-order valence-electron chi connectivity index (χ1n) is 6.35. The van der Waals surface area contributed by atoms with Gasteiger partial charge in [0.15, 0.2) is 5.11 Å². The molecule has 0 unspecified atom stereocenters. The van der Waals surface area contributed by atoms with Crippen molar-refractivity contribution in [2.75, 3.05) is 10.6 Å². The standard InChI is InChI=1S/C14H17N5OS/c1-8-4-5-10(9(2)6-8)17-14(21)18-11-7-16-19(3)12(11)13(15)20/h4-7H,1-3H3,(H2,15,20)(H2,17,18,21). The molecule has 0 saturated carbocycles. The van der Waals surface area contributed by atoms with Crippen LogP contribution in [0.3, 0.4) is 0 Å². The van der Waals surface area contributed by atoms with E-state index in [0.29, 0.717) is 10.8 Å². The van der Waals surface area contributed by atoms with Crippen LogP contribution in [0, 0.1) is 13.8 Å². The summed E-state index contributed by atoms with van der Waals surface area (Å²) in [5, 5.41) is 10.4. The predicted octanol–water partition coefficient (Wildman–Crippen LogP) is 1.94. The first-order chi connectivity index (χ1) is 9.88. The number of nitrogens with two attached hydrogens (primary N) is 1. The molecule has 6 nitrogen and oxygen atoms in total. The number of hydrogen-bond acceptors (Lipinski definition) is 3. The molecule has 0 aliphatic carbocycles. The van der Waals surface area contributed by atoms with Gasteiger partial charge in [0.2, 0.25) is 0 Å². The fourth-order valence-electron chi connectivity index (χ4n) is 2.05. The highest BCUT2D eigenvalue weighted by Crippen LogP contribution is 2.18. The first kappa shape index (κ1) is 15.0. The van der Waals surface area contributed by atoms with Gasteiger partial charge in [-0.2, -0.15) is 5.10 Å². The summed E-state index contributed by atoms with van der Waals surface area (Å²) in [5.41, 5.74) is 9.25. The minimum Gasteiger partial charge on any atom is -0.364 e. The average molecular weight is 303 g/mol. The van der Waals surface area contributed by atoms with Crippen molar-refractivity contribution in [2.24, 2.45) is 12.8 Å². The monoisotopic (exact) mass is 303 g/mol. The van der Waals surface area contributed by atoms with Crippen molar-refractivity contribution in [1.82, 2.24) is 9.78 Å². The molecule has 0 atom stereocenters. The molecule has 1 aromatic heterocycles. The van der Waals surface area contributed by atoms with E-state index in [0.717, 1.165) is 11.3 Å². The maximum absolute atomic E-state index is 11.4. The number of carbonyl (C=O) groups excluding carboxylic acids is 1. The van der Waals surface area contributed by atoms with E-state index < -0.39 is 5.91 Å². The van der Waals surface area contributed by atoms with Crippen LogP contribution in [0.1, 0.15) is 21.6 Å². The maximum Gasteiger partial charge on any atom is 0.269 e. The molecular weight excluding hydrogens is 286 g/mol. The number of carbonyl (C=O) groups is 1. The highest BCUT2D eigenvalue weighted by Gasteiger charge is 2.15. The third-order valence-corrected chi connectivity index (χ3v) is 3.25. The van der Waals surface area contributed by atoms with Crippen molar-refractivity contribution >= 4 is 34.6 Å². The summed E-state index contributed by atoms with van der Waals surface area (Å²) < 4.78 is 1.41. The lowest BCUT2D eigenvalue weighted by Crippen LogP contribution is -2.23. The number of nitrogens with zero attached hydrogens (tertiary/aromatic N) is 2. The second kappa shape index (κ2) is 5.92. The molecule has 2 aromatic rings. The number of primary amides is 1. The van der Waals surface area contributed by atoms with Crippen LogP contribution in [0.15, 0.2) is 24.4 Å². The molecule has 1 aromatic carbocycles. The molecule has 1 amide bonds. The zero-order valence-corrected chi connectivity index (χ0v) is 12.9. The topological polar surface area (TPSA) is 85.0 Å². The van der Waals surface area contributed by atoms with Gasteiger partial charge in [0.25, 0.3) is 5.91 Å². The van der Waals surface area contributed by atoms with Crippen LogP contribution in [-0.4, -0.2) is 20.8 Å². The lowest BCUT2D eigenvalue weighted by molar-refractivity contribution is 0.0992. The van der Waals surface area contributed by atoms with Crippen LogP contribution in [0.25, 0.3) is 0 Å². The molecule has 4 N–H and O–H groups in total. The van der Waals surface area contributed by atoms with Gasteiger partial charge >= 0.3 is 0 Å². The highest BCUT2D eigenvalue weighted by atomic mass is 32.1. The third-order valence-electron chi connectivity index (χ3n) is 3.05. The molecule has 1 heterocycles. The van der Waals surface area contributed by atoms with Crippen LogP contribution in [0.4, 0.5) is 11.4 Å². The van der Waals surface area contributed by atoms with Gasteiger partial charge in [0, 0.05) is 12.7 Å². The van der Waals surface area contributed by atoms with Crippen molar-refractivity contribution in [3.8, 4) is 0 Å². The Morgan fingerprint density at radius 3 is 2.57 bits per heavy atom. The van der Waals surface area contributed by atoms with Crippen molar-refractivity contribution in [1.29, 1.82) is 0 Å². The molecule has 7 heteroatoms. The average Bonchev–Trinajstić information content (AvgIpc) is 2.74. The predicted molar refractivity (Wildman–Crippen MR) is 87.5 cm³/mol. The van der Waals surface area contributed by atoms with Gasteiger partial charge in [-0.1, -0.05) is 17.7 Å². The zero-order valence-electron chi connectivity index (χ0n) is 12.1. The fourth-order valence-corrected chi connectivity index (χ4v) is 2.27. The van der Waals surface area contributed by atoms with Crippen LogP contribution in [0.2, 0.25) is 0 Å². The van der Waals surface area contributed by atoms with E-state index in [4.69, 9.17) is 18.0 Å². The minimum absolute atomic E-state index is 0.278. The Bertz CT molecular complexity index is 707.